The quantitative estimate of drug-likeness (QED) is 0.334. The van der Waals surface area contributed by atoms with Crippen LogP contribution in [0.2, 0.25) is 5.02 Å². The molecule has 1 amide bonds. The van der Waals surface area contributed by atoms with Crippen molar-refractivity contribution in [3.05, 3.63) is 80.9 Å². The summed E-state index contributed by atoms with van der Waals surface area (Å²) in [6.45, 7) is 0. The number of hydrogen-bond donors (Lipinski definition) is 1. The number of amides is 1. The van der Waals surface area contributed by atoms with Crippen molar-refractivity contribution in [2.45, 2.75) is 0 Å². The summed E-state index contributed by atoms with van der Waals surface area (Å²) in [6.07, 6.45) is 0. The molecule has 128 valence electrons. The third-order valence-electron chi connectivity index (χ3n) is 3.84. The predicted octanol–water partition coefficient (Wildman–Crippen LogP) is 6.47. The highest BCUT2D eigenvalue weighted by Gasteiger charge is 2.14. The van der Waals surface area contributed by atoms with E-state index in [2.05, 4.69) is 32.9 Å². The van der Waals surface area contributed by atoms with Gasteiger partial charge in [-0.1, -0.05) is 29.8 Å². The Bertz CT molecular complexity index is 1090. The van der Waals surface area contributed by atoms with Gasteiger partial charge in [-0.3, -0.25) is 4.79 Å². The Morgan fingerprint density at radius 3 is 2.69 bits per heavy atom. The number of carbonyl (C=O) groups is 1. The fourth-order valence-corrected chi connectivity index (χ4v) is 4.33. The van der Waals surface area contributed by atoms with E-state index in [0.717, 1.165) is 24.4 Å². The number of fused-ring (bicyclic) bond motifs is 1. The monoisotopic (exact) mass is 490 g/mol. The molecule has 0 aliphatic carbocycles. The maximum Gasteiger partial charge on any atom is 0.255 e. The molecule has 0 spiro atoms. The number of hydrogen-bond acceptors (Lipinski definition) is 3. The smallest absolute Gasteiger partial charge is 0.255 e. The van der Waals surface area contributed by atoms with Gasteiger partial charge >= 0.3 is 0 Å². The zero-order valence-electron chi connectivity index (χ0n) is 13.4. The van der Waals surface area contributed by atoms with Crippen LogP contribution in [0.4, 0.5) is 5.69 Å². The zero-order valence-corrected chi connectivity index (χ0v) is 17.1. The van der Waals surface area contributed by atoms with Crippen molar-refractivity contribution in [1.82, 2.24) is 4.98 Å². The lowest BCUT2D eigenvalue weighted by Crippen LogP contribution is -2.12. The van der Waals surface area contributed by atoms with Crippen molar-refractivity contribution in [1.29, 1.82) is 0 Å². The van der Waals surface area contributed by atoms with Gasteiger partial charge in [0.1, 0.15) is 5.01 Å². The summed E-state index contributed by atoms with van der Waals surface area (Å²) in [5.41, 5.74) is 3.06. The van der Waals surface area contributed by atoms with Gasteiger partial charge in [-0.2, -0.15) is 0 Å². The first-order valence-corrected chi connectivity index (χ1v) is 10.1. The Kier molecular flexibility index (Phi) is 4.93. The fraction of sp³-hybridized carbons (Fsp3) is 0. The minimum absolute atomic E-state index is 0.159. The number of rotatable bonds is 3. The van der Waals surface area contributed by atoms with E-state index in [9.17, 15) is 4.79 Å². The van der Waals surface area contributed by atoms with Gasteiger partial charge in [0.2, 0.25) is 0 Å². The molecule has 0 saturated heterocycles. The Morgan fingerprint density at radius 1 is 1.04 bits per heavy atom. The second-order valence-corrected chi connectivity index (χ2v) is 8.35. The van der Waals surface area contributed by atoms with E-state index in [1.807, 2.05) is 54.6 Å². The lowest BCUT2D eigenvalue weighted by Gasteiger charge is -2.10. The molecule has 4 aromatic rings. The van der Waals surface area contributed by atoms with E-state index in [0.29, 0.717) is 16.3 Å². The molecular weight excluding hydrogens is 479 g/mol. The Labute approximate surface area is 173 Å². The number of nitrogens with one attached hydrogen (secondary N) is 1. The molecule has 0 atom stereocenters. The summed E-state index contributed by atoms with van der Waals surface area (Å²) in [5, 5.41) is 4.42. The van der Waals surface area contributed by atoms with Crippen LogP contribution in [0.1, 0.15) is 10.4 Å². The van der Waals surface area contributed by atoms with E-state index in [-0.39, 0.29) is 5.91 Å². The van der Waals surface area contributed by atoms with E-state index >= 15 is 0 Å². The van der Waals surface area contributed by atoms with E-state index in [1.165, 1.54) is 0 Å². The first-order chi connectivity index (χ1) is 12.6. The number of carbonyl (C=O) groups excluding carboxylic acids is 1. The summed E-state index contributed by atoms with van der Waals surface area (Å²) in [4.78, 5) is 17.3. The molecule has 1 heterocycles. The van der Waals surface area contributed by atoms with Crippen LogP contribution < -0.4 is 5.32 Å². The van der Waals surface area contributed by atoms with Crippen LogP contribution in [0.15, 0.2) is 66.7 Å². The minimum Gasteiger partial charge on any atom is -0.321 e. The van der Waals surface area contributed by atoms with Gasteiger partial charge in [-0.25, -0.2) is 4.98 Å². The fourth-order valence-electron chi connectivity index (χ4n) is 2.61. The molecule has 0 bridgehead atoms. The number of aromatic nitrogens is 1. The normalized spacial score (nSPS) is 10.8. The van der Waals surface area contributed by atoms with Gasteiger partial charge in [0.25, 0.3) is 5.91 Å². The van der Waals surface area contributed by atoms with Crippen molar-refractivity contribution >= 4 is 67.3 Å². The van der Waals surface area contributed by atoms with Gasteiger partial charge < -0.3 is 5.32 Å². The van der Waals surface area contributed by atoms with Crippen molar-refractivity contribution < 1.29 is 4.79 Å². The predicted molar refractivity (Wildman–Crippen MR) is 117 cm³/mol. The molecule has 3 aromatic carbocycles. The van der Waals surface area contributed by atoms with Crippen LogP contribution >= 0.6 is 45.5 Å². The number of halogens is 2. The molecule has 0 radical (unpaired) electrons. The van der Waals surface area contributed by atoms with Crippen molar-refractivity contribution in [3.63, 3.8) is 0 Å². The highest BCUT2D eigenvalue weighted by molar-refractivity contribution is 14.1. The minimum atomic E-state index is -0.159. The average Bonchev–Trinajstić information content (AvgIpc) is 3.07. The molecule has 0 saturated carbocycles. The standard InChI is InChI=1S/C20H12ClIN2OS/c21-13-8-9-16(23-19(25)12-4-3-5-14(22)10-12)15(11-13)20-24-17-6-1-2-7-18(17)26-20/h1-11H,(H,23,25). The van der Waals surface area contributed by atoms with Crippen LogP contribution in [0.25, 0.3) is 20.8 Å². The number of para-hydroxylation sites is 1. The van der Waals surface area contributed by atoms with Crippen LogP contribution in [0.3, 0.4) is 0 Å². The number of nitrogens with zero attached hydrogens (tertiary/aromatic N) is 1. The molecule has 1 aromatic heterocycles. The highest BCUT2D eigenvalue weighted by atomic mass is 127. The lowest BCUT2D eigenvalue weighted by molar-refractivity contribution is 0.102. The summed E-state index contributed by atoms with van der Waals surface area (Å²) >= 11 is 9.97. The van der Waals surface area contributed by atoms with Gasteiger partial charge in [0, 0.05) is 19.7 Å². The average molecular weight is 491 g/mol. The van der Waals surface area contributed by atoms with Crippen molar-refractivity contribution in [2.24, 2.45) is 0 Å². The SMILES string of the molecule is O=C(Nc1ccc(Cl)cc1-c1nc2ccccc2s1)c1cccc(I)c1. The van der Waals surface area contributed by atoms with Gasteiger partial charge in [0.05, 0.1) is 15.9 Å². The molecule has 0 unspecified atom stereocenters. The third-order valence-corrected chi connectivity index (χ3v) is 5.82. The van der Waals surface area contributed by atoms with E-state index < -0.39 is 0 Å². The van der Waals surface area contributed by atoms with Crippen molar-refractivity contribution in [3.8, 4) is 10.6 Å². The topological polar surface area (TPSA) is 42.0 Å². The molecule has 4 rings (SSSR count). The van der Waals surface area contributed by atoms with Gasteiger partial charge in [-0.05, 0) is 71.1 Å². The second-order valence-electron chi connectivity index (χ2n) is 5.64. The molecule has 3 nitrogen and oxygen atoms in total. The van der Waals surface area contributed by atoms with Crippen molar-refractivity contribution in [2.75, 3.05) is 5.32 Å². The van der Waals surface area contributed by atoms with Gasteiger partial charge in [0.15, 0.2) is 0 Å². The van der Waals surface area contributed by atoms with Crippen LogP contribution in [0, 0.1) is 3.57 Å². The third kappa shape index (κ3) is 3.60. The van der Waals surface area contributed by atoms with Crippen LogP contribution in [-0.2, 0) is 0 Å². The molecule has 6 heteroatoms. The molecule has 26 heavy (non-hydrogen) atoms. The lowest BCUT2D eigenvalue weighted by atomic mass is 10.1. The maximum absolute atomic E-state index is 12.6. The summed E-state index contributed by atoms with van der Waals surface area (Å²) < 4.78 is 2.11. The molecular formula is C20H12ClIN2OS. The van der Waals surface area contributed by atoms with Gasteiger partial charge in [-0.15, -0.1) is 11.3 Å². The summed E-state index contributed by atoms with van der Waals surface area (Å²) in [7, 11) is 0. The Morgan fingerprint density at radius 2 is 1.88 bits per heavy atom. The molecule has 0 fully saturated rings. The largest absolute Gasteiger partial charge is 0.321 e. The molecule has 1 N–H and O–H groups in total. The number of benzene rings is 3. The summed E-state index contributed by atoms with van der Waals surface area (Å²) in [5.74, 6) is -0.159. The van der Waals surface area contributed by atoms with Crippen LogP contribution in [-0.4, -0.2) is 10.9 Å². The second kappa shape index (κ2) is 7.34. The molecule has 0 aliphatic heterocycles. The number of thiazole rings is 1. The van der Waals surface area contributed by atoms with Crippen LogP contribution in [0.5, 0.6) is 0 Å². The summed E-state index contributed by atoms with van der Waals surface area (Å²) in [6, 6.07) is 20.8. The van der Waals surface area contributed by atoms with E-state index in [1.54, 1.807) is 23.5 Å². The van der Waals surface area contributed by atoms with E-state index in [4.69, 9.17) is 11.6 Å². The zero-order chi connectivity index (χ0) is 18.1. The molecule has 0 aliphatic rings. The Hall–Kier alpha value is -1.96. The highest BCUT2D eigenvalue weighted by Crippen LogP contribution is 2.36. The maximum atomic E-state index is 12.6. The first-order valence-electron chi connectivity index (χ1n) is 7.82. The number of anilines is 1. The first kappa shape index (κ1) is 17.5. The Balaban J connectivity index is 1.74.